The number of carbonyl (C=O) groups excluding carboxylic acids is 1. The van der Waals surface area contributed by atoms with Crippen LogP contribution in [0.1, 0.15) is 31.4 Å². The minimum atomic E-state index is 0.0723. The fourth-order valence-corrected chi connectivity index (χ4v) is 3.90. The normalized spacial score (nSPS) is 22.1. The molecule has 2 aliphatic rings. The van der Waals surface area contributed by atoms with Gasteiger partial charge in [0.15, 0.2) is 6.61 Å². The van der Waals surface area contributed by atoms with Crippen molar-refractivity contribution in [2.24, 2.45) is 0 Å². The third kappa shape index (κ3) is 2.66. The minimum absolute atomic E-state index is 0.0723. The monoisotopic (exact) mass is 326 g/mol. The van der Waals surface area contributed by atoms with E-state index in [1.807, 2.05) is 35.2 Å². The number of carbonyl (C=O) groups is 1. The Balaban J connectivity index is 1.48. The van der Waals surface area contributed by atoms with Crippen molar-refractivity contribution in [1.29, 1.82) is 0 Å². The topological polar surface area (TPSA) is 60.2 Å². The van der Waals surface area contributed by atoms with Crippen LogP contribution in [-0.4, -0.2) is 44.3 Å². The van der Waals surface area contributed by atoms with Gasteiger partial charge in [-0.1, -0.05) is 25.1 Å². The molecule has 0 N–H and O–H groups in total. The molecule has 2 bridgehead atoms. The van der Waals surface area contributed by atoms with E-state index in [0.29, 0.717) is 0 Å². The molecule has 0 radical (unpaired) electrons. The summed E-state index contributed by atoms with van der Waals surface area (Å²) in [5, 5.41) is 8.62. The van der Waals surface area contributed by atoms with Crippen molar-refractivity contribution in [1.82, 2.24) is 19.7 Å². The predicted molar refractivity (Wildman–Crippen MR) is 88.7 cm³/mol. The molecule has 2 aliphatic heterocycles. The number of ether oxygens (including phenoxy) is 1. The van der Waals surface area contributed by atoms with Crippen LogP contribution in [0.5, 0.6) is 5.75 Å². The van der Waals surface area contributed by atoms with E-state index < -0.39 is 0 Å². The summed E-state index contributed by atoms with van der Waals surface area (Å²) in [4.78, 5) is 14.8. The number of hydrogen-bond acceptors (Lipinski definition) is 4. The molecule has 1 fully saturated rings. The highest BCUT2D eigenvalue weighted by Gasteiger charge is 2.40. The van der Waals surface area contributed by atoms with Gasteiger partial charge in [0.05, 0.1) is 6.04 Å². The summed E-state index contributed by atoms with van der Waals surface area (Å²) in [5.41, 5.74) is 0. The summed E-state index contributed by atoms with van der Waals surface area (Å²) in [7, 11) is 0. The lowest BCUT2D eigenvalue weighted by Gasteiger charge is -2.28. The van der Waals surface area contributed by atoms with Crippen molar-refractivity contribution in [2.75, 3.05) is 6.61 Å². The Morgan fingerprint density at radius 2 is 2.00 bits per heavy atom. The van der Waals surface area contributed by atoms with Crippen LogP contribution >= 0.6 is 0 Å². The van der Waals surface area contributed by atoms with Crippen LogP contribution in [0.15, 0.2) is 30.3 Å². The first-order chi connectivity index (χ1) is 11.8. The van der Waals surface area contributed by atoms with Gasteiger partial charge in [0, 0.05) is 25.4 Å². The maximum Gasteiger partial charge on any atom is 0.261 e. The minimum Gasteiger partial charge on any atom is -0.484 e. The molecular formula is C18H22N4O2. The van der Waals surface area contributed by atoms with Crippen molar-refractivity contribution in [3.05, 3.63) is 42.0 Å². The Kier molecular flexibility index (Phi) is 3.96. The quantitative estimate of drug-likeness (QED) is 0.860. The van der Waals surface area contributed by atoms with Gasteiger partial charge in [-0.05, 0) is 25.0 Å². The predicted octanol–water partition coefficient (Wildman–Crippen LogP) is 1.84. The zero-order chi connectivity index (χ0) is 16.5. The maximum absolute atomic E-state index is 12.8. The number of rotatable bonds is 4. The standard InChI is InChI=1S/C18H22N4O2/c1-2-16-19-20-17-10-13-8-9-14(11-21(16)17)22(13)18(23)12-24-15-6-4-3-5-7-15/h3-7,13-14H,2,8-12H2,1H3. The number of nitrogens with zero attached hydrogens (tertiary/aromatic N) is 4. The van der Waals surface area contributed by atoms with Gasteiger partial charge < -0.3 is 14.2 Å². The molecule has 1 aromatic carbocycles. The number of para-hydroxylation sites is 1. The largest absolute Gasteiger partial charge is 0.484 e. The van der Waals surface area contributed by atoms with E-state index in [9.17, 15) is 4.79 Å². The summed E-state index contributed by atoms with van der Waals surface area (Å²) < 4.78 is 7.87. The van der Waals surface area contributed by atoms with E-state index in [2.05, 4.69) is 21.7 Å². The number of hydrogen-bond donors (Lipinski definition) is 0. The Bertz CT molecular complexity index is 728. The summed E-state index contributed by atoms with van der Waals surface area (Å²) in [5.74, 6) is 2.84. The Morgan fingerprint density at radius 1 is 1.21 bits per heavy atom. The molecule has 24 heavy (non-hydrogen) atoms. The first-order valence-electron chi connectivity index (χ1n) is 8.66. The number of fused-ring (bicyclic) bond motifs is 3. The van der Waals surface area contributed by atoms with Crippen molar-refractivity contribution >= 4 is 5.91 Å². The van der Waals surface area contributed by atoms with Gasteiger partial charge in [-0.15, -0.1) is 10.2 Å². The van der Waals surface area contributed by atoms with Crippen LogP contribution in [0.2, 0.25) is 0 Å². The molecule has 6 nitrogen and oxygen atoms in total. The lowest BCUT2D eigenvalue weighted by molar-refractivity contribution is -0.136. The molecular weight excluding hydrogens is 304 g/mol. The van der Waals surface area contributed by atoms with Gasteiger partial charge in [0.1, 0.15) is 17.4 Å². The van der Waals surface area contributed by atoms with E-state index in [0.717, 1.165) is 49.6 Å². The van der Waals surface area contributed by atoms with Crippen molar-refractivity contribution < 1.29 is 9.53 Å². The second-order valence-electron chi connectivity index (χ2n) is 6.49. The molecule has 0 spiro atoms. The van der Waals surface area contributed by atoms with Gasteiger partial charge in [-0.2, -0.15) is 0 Å². The molecule has 0 saturated carbocycles. The van der Waals surface area contributed by atoms with Crippen molar-refractivity contribution in [3.8, 4) is 5.75 Å². The molecule has 1 aromatic heterocycles. The smallest absolute Gasteiger partial charge is 0.261 e. The van der Waals surface area contributed by atoms with Crippen molar-refractivity contribution in [3.63, 3.8) is 0 Å². The van der Waals surface area contributed by atoms with Crippen LogP contribution < -0.4 is 4.74 Å². The number of amides is 1. The van der Waals surface area contributed by atoms with Crippen LogP contribution in [0.3, 0.4) is 0 Å². The summed E-state index contributed by atoms with van der Waals surface area (Å²) in [6.45, 7) is 2.99. The van der Waals surface area contributed by atoms with Gasteiger partial charge >= 0.3 is 0 Å². The third-order valence-electron chi connectivity index (χ3n) is 5.05. The molecule has 2 unspecified atom stereocenters. The second kappa shape index (κ2) is 6.26. The highest BCUT2D eigenvalue weighted by molar-refractivity contribution is 5.79. The van der Waals surface area contributed by atoms with E-state index in [-0.39, 0.29) is 24.6 Å². The summed E-state index contributed by atoms with van der Waals surface area (Å²) in [6.07, 6.45) is 3.74. The average molecular weight is 326 g/mol. The first kappa shape index (κ1) is 15.2. The lowest BCUT2D eigenvalue weighted by atomic mass is 10.1. The molecule has 2 aromatic rings. The van der Waals surface area contributed by atoms with E-state index >= 15 is 0 Å². The molecule has 1 saturated heterocycles. The van der Waals surface area contributed by atoms with E-state index in [1.165, 1.54) is 0 Å². The SMILES string of the molecule is CCc1nnc2n1CC1CCC(C2)N1C(=O)COc1ccccc1. The second-order valence-corrected chi connectivity index (χ2v) is 6.49. The molecule has 2 atom stereocenters. The summed E-state index contributed by atoms with van der Waals surface area (Å²) in [6, 6.07) is 9.95. The molecule has 1 amide bonds. The zero-order valence-corrected chi connectivity index (χ0v) is 13.9. The van der Waals surface area contributed by atoms with Gasteiger partial charge in [0.2, 0.25) is 0 Å². The highest BCUT2D eigenvalue weighted by atomic mass is 16.5. The Labute approximate surface area is 141 Å². The molecule has 126 valence electrons. The molecule has 0 aliphatic carbocycles. The fourth-order valence-electron chi connectivity index (χ4n) is 3.90. The average Bonchev–Trinajstić information content (AvgIpc) is 3.13. The summed E-state index contributed by atoms with van der Waals surface area (Å²) >= 11 is 0. The number of aryl methyl sites for hydroxylation is 1. The lowest BCUT2D eigenvalue weighted by Crippen LogP contribution is -2.44. The molecule has 6 heteroatoms. The maximum atomic E-state index is 12.8. The molecule has 4 rings (SSSR count). The molecule has 3 heterocycles. The zero-order valence-electron chi connectivity index (χ0n) is 13.9. The fraction of sp³-hybridized carbons (Fsp3) is 0.500. The van der Waals surface area contributed by atoms with Crippen LogP contribution in [-0.2, 0) is 24.2 Å². The van der Waals surface area contributed by atoms with Crippen LogP contribution in [0.4, 0.5) is 0 Å². The van der Waals surface area contributed by atoms with Gasteiger partial charge in [-0.3, -0.25) is 4.79 Å². The Morgan fingerprint density at radius 3 is 2.79 bits per heavy atom. The van der Waals surface area contributed by atoms with Gasteiger partial charge in [-0.25, -0.2) is 0 Å². The first-order valence-corrected chi connectivity index (χ1v) is 8.66. The van der Waals surface area contributed by atoms with E-state index in [1.54, 1.807) is 0 Å². The number of aromatic nitrogens is 3. The van der Waals surface area contributed by atoms with Crippen LogP contribution in [0.25, 0.3) is 0 Å². The van der Waals surface area contributed by atoms with E-state index in [4.69, 9.17) is 4.74 Å². The third-order valence-corrected chi connectivity index (χ3v) is 5.05. The van der Waals surface area contributed by atoms with Crippen LogP contribution in [0, 0.1) is 0 Å². The Hall–Kier alpha value is -2.37. The van der Waals surface area contributed by atoms with Gasteiger partial charge in [0.25, 0.3) is 5.91 Å². The van der Waals surface area contributed by atoms with Crippen molar-refractivity contribution in [2.45, 2.75) is 51.2 Å². The highest BCUT2D eigenvalue weighted by Crippen LogP contribution is 2.31. The number of benzene rings is 1.